The van der Waals surface area contributed by atoms with Crippen LogP contribution in [0.5, 0.6) is 0 Å². The van der Waals surface area contributed by atoms with E-state index >= 15 is 0 Å². The molecule has 0 atom stereocenters. The van der Waals surface area contributed by atoms with E-state index in [4.69, 9.17) is 8.83 Å². The summed E-state index contributed by atoms with van der Waals surface area (Å²) in [6.45, 7) is 0. The van der Waals surface area contributed by atoms with E-state index in [1.54, 1.807) is 0 Å². The summed E-state index contributed by atoms with van der Waals surface area (Å²) in [4.78, 5) is 0. The first kappa shape index (κ1) is 57.3. The minimum atomic E-state index is -1.50. The monoisotopic (exact) mass is 1370 g/mol. The van der Waals surface area contributed by atoms with Gasteiger partial charge in [-0.25, -0.2) is 0 Å². The summed E-state index contributed by atoms with van der Waals surface area (Å²) in [6.07, 6.45) is 0. The van der Waals surface area contributed by atoms with Crippen LogP contribution in [0.3, 0.4) is 0 Å². The molecule has 0 amide bonds. The first-order valence-electron chi connectivity index (χ1n) is 32.6. The molecule has 7 heteroatoms. The Morgan fingerprint density at radius 3 is 0.773 bits per heavy atom. The summed E-state index contributed by atoms with van der Waals surface area (Å²) in [6, 6.07) is 110. The molecule has 21 rings (SSSR count). The zero-order chi connectivity index (χ0) is 64.6. The molecule has 0 aliphatic heterocycles. The van der Waals surface area contributed by atoms with Crippen molar-refractivity contribution >= 4 is 218 Å². The third kappa shape index (κ3) is 9.18. The van der Waals surface area contributed by atoms with Gasteiger partial charge in [-0.15, -0.1) is 0 Å². The first-order chi connectivity index (χ1) is 47.8. The van der Waals surface area contributed by atoms with Crippen LogP contribution in [-0.2, 0) is 0 Å². The van der Waals surface area contributed by atoms with Gasteiger partial charge in [0.15, 0.2) is 0 Å². The van der Waals surface area contributed by atoms with Crippen LogP contribution in [0, 0.1) is 0 Å². The maximum atomic E-state index is 9.92. The maximum absolute atomic E-state index is 9.92. The van der Waals surface area contributed by atoms with Crippen molar-refractivity contribution in [2.75, 3.05) is 0 Å². The molecule has 454 valence electrons. The Hall–Kier alpha value is -11.2. The van der Waals surface area contributed by atoms with Crippen molar-refractivity contribution in [3.63, 3.8) is 0 Å². The molecule has 4 nitrogen and oxygen atoms in total. The van der Waals surface area contributed by atoms with Gasteiger partial charge in [0.05, 0.1) is 0 Å². The lowest BCUT2D eigenvalue weighted by molar-refractivity contribution is 0.426. The average molecular weight is 1370 g/mol. The van der Waals surface area contributed by atoms with Crippen molar-refractivity contribution < 1.29 is 18.9 Å². The molecular formula is C90H53BBr2O4. The number of fused-ring (bicyclic) bond motifs is 30. The van der Waals surface area contributed by atoms with Gasteiger partial charge >= 0.3 is 7.12 Å². The quantitative estimate of drug-likeness (QED) is 0.137. The minimum Gasteiger partial charge on any atom is -0.456 e. The number of rotatable bonds is 3. The van der Waals surface area contributed by atoms with E-state index in [0.717, 1.165) is 79.8 Å². The molecule has 2 heterocycles. The summed E-state index contributed by atoms with van der Waals surface area (Å²) in [7, 11) is -1.50. The van der Waals surface area contributed by atoms with Crippen LogP contribution >= 0.6 is 31.9 Å². The normalized spacial score (nSPS) is 11.9. The predicted molar refractivity (Wildman–Crippen MR) is 420 cm³/mol. The Morgan fingerprint density at radius 2 is 0.443 bits per heavy atom. The van der Waals surface area contributed by atoms with Crippen LogP contribution < -0.4 is 5.46 Å². The number of hydrogen-bond donors (Lipinski definition) is 2. The molecule has 2 N–H and O–H groups in total. The summed E-state index contributed by atoms with van der Waals surface area (Å²) < 4.78 is 14.4. The summed E-state index contributed by atoms with van der Waals surface area (Å²) in [5, 5.41) is 53.7. The zero-order valence-corrected chi connectivity index (χ0v) is 55.2. The number of benzene rings is 19. The second-order valence-corrected chi connectivity index (χ2v) is 27.1. The molecule has 0 saturated heterocycles. The fourth-order valence-electron chi connectivity index (χ4n) is 15.9. The van der Waals surface area contributed by atoms with Crippen molar-refractivity contribution in [1.82, 2.24) is 0 Å². The third-order valence-corrected chi connectivity index (χ3v) is 21.0. The van der Waals surface area contributed by atoms with E-state index in [-0.39, 0.29) is 0 Å². The molecule has 0 spiro atoms. The fraction of sp³-hybridized carbons (Fsp3) is 0. The van der Waals surface area contributed by atoms with Gasteiger partial charge in [-0.05, 0) is 230 Å². The summed E-state index contributed by atoms with van der Waals surface area (Å²) in [5.41, 5.74) is 9.00. The SMILES string of the molecule is Brc1ccc2oc3ccc(Br)cc3c2c1.OB(O)c1cc2c3ccccc3c3ccccc3c2c2ccccc12.c1ccc2c(c1)c(-c1ccc3oc4ccc(-c5cc6c7ccccc7c7ccccc7c6c6ccccc56)cc4c3c1)cc1c3ccccc3c3ccccc3c21. The molecule has 0 aliphatic rings. The highest BCUT2D eigenvalue weighted by Crippen LogP contribution is 2.47. The van der Waals surface area contributed by atoms with Gasteiger partial charge in [0.25, 0.3) is 0 Å². The number of halogens is 2. The fourth-order valence-corrected chi connectivity index (χ4v) is 16.6. The van der Waals surface area contributed by atoms with Gasteiger partial charge in [0.2, 0.25) is 0 Å². The van der Waals surface area contributed by atoms with Crippen molar-refractivity contribution in [2.24, 2.45) is 0 Å². The van der Waals surface area contributed by atoms with E-state index in [2.05, 4.69) is 281 Å². The van der Waals surface area contributed by atoms with Crippen molar-refractivity contribution in [3.8, 4) is 22.3 Å². The van der Waals surface area contributed by atoms with Crippen LogP contribution in [0.15, 0.2) is 327 Å². The van der Waals surface area contributed by atoms with Crippen LogP contribution in [0.1, 0.15) is 0 Å². The maximum Gasteiger partial charge on any atom is 0.489 e. The van der Waals surface area contributed by atoms with Gasteiger partial charge in [0.1, 0.15) is 22.3 Å². The van der Waals surface area contributed by atoms with E-state index in [9.17, 15) is 10.0 Å². The van der Waals surface area contributed by atoms with Crippen molar-refractivity contribution in [1.29, 1.82) is 0 Å². The molecule has 0 fully saturated rings. The van der Waals surface area contributed by atoms with Gasteiger partial charge in [-0.2, -0.15) is 0 Å². The highest BCUT2D eigenvalue weighted by Gasteiger charge is 2.22. The van der Waals surface area contributed by atoms with E-state index < -0.39 is 7.12 Å². The van der Waals surface area contributed by atoms with Crippen molar-refractivity contribution in [2.45, 2.75) is 0 Å². The topological polar surface area (TPSA) is 66.7 Å². The molecule has 19 aromatic carbocycles. The highest BCUT2D eigenvalue weighted by molar-refractivity contribution is 9.10. The lowest BCUT2D eigenvalue weighted by Gasteiger charge is -2.16. The van der Waals surface area contributed by atoms with E-state index in [1.807, 2.05) is 60.7 Å². The molecule has 0 unspecified atom stereocenters. The Kier molecular flexibility index (Phi) is 13.5. The molecule has 0 radical (unpaired) electrons. The van der Waals surface area contributed by atoms with Gasteiger partial charge in [-0.3, -0.25) is 0 Å². The van der Waals surface area contributed by atoms with Crippen LogP contribution in [-0.4, -0.2) is 17.2 Å². The molecule has 2 aromatic heterocycles. The Balaban J connectivity index is 0.000000134. The van der Waals surface area contributed by atoms with Gasteiger partial charge < -0.3 is 18.9 Å². The predicted octanol–water partition coefficient (Wildman–Crippen LogP) is 25.2. The van der Waals surface area contributed by atoms with Gasteiger partial charge in [-0.1, -0.05) is 268 Å². The largest absolute Gasteiger partial charge is 0.489 e. The zero-order valence-electron chi connectivity index (χ0n) is 52.0. The highest BCUT2D eigenvalue weighted by atomic mass is 79.9. The van der Waals surface area contributed by atoms with Crippen LogP contribution in [0.4, 0.5) is 0 Å². The van der Waals surface area contributed by atoms with E-state index in [1.165, 1.54) is 125 Å². The standard InChI is InChI=1S/C56H32O.C22H15BO2.C12H6Br2O/c1-3-17-39-35(13-1)37-15-5-9-21-43(37)55-45-23-11-7-19-41(45)47(31-51(39)55)33-25-27-53-49(29-33)50-30-34(26-28-54(50)57-53)48-32-52-40-18-4-2-14-36(40)38-16-6-10-22-44(38)56(52)46-24-12-8-20-42(46)48;24-23(25)21-13-20-16-9-2-1-7-14(16)15-8-3-5-11-18(15)22(20)19-12-6-4-10-17(19)21;13-7-1-3-11-9(5-7)10-6-8(14)2-4-12(10)15-11/h1-32H;1-13,24-25H;1-6H. The Labute approximate surface area is 572 Å². The van der Waals surface area contributed by atoms with E-state index in [0.29, 0.717) is 5.46 Å². The summed E-state index contributed by atoms with van der Waals surface area (Å²) in [5.74, 6) is 0. The Morgan fingerprint density at radius 1 is 0.206 bits per heavy atom. The molecule has 21 aromatic rings. The first-order valence-corrected chi connectivity index (χ1v) is 34.2. The molecule has 0 aliphatic carbocycles. The minimum absolute atomic E-state index is 0.545. The number of furan rings is 2. The molecular weight excluding hydrogens is 1320 g/mol. The summed E-state index contributed by atoms with van der Waals surface area (Å²) >= 11 is 6.94. The van der Waals surface area contributed by atoms with Crippen LogP contribution in [0.2, 0.25) is 0 Å². The molecule has 97 heavy (non-hydrogen) atoms. The van der Waals surface area contributed by atoms with Crippen molar-refractivity contribution in [3.05, 3.63) is 318 Å². The second-order valence-electron chi connectivity index (χ2n) is 25.3. The Bertz CT molecular complexity index is 6600. The lowest BCUT2D eigenvalue weighted by Crippen LogP contribution is -2.30. The third-order valence-electron chi connectivity index (χ3n) is 20.0. The van der Waals surface area contributed by atoms with Crippen LogP contribution in [0.25, 0.3) is 195 Å². The molecule has 0 bridgehead atoms. The molecule has 0 saturated carbocycles. The van der Waals surface area contributed by atoms with Gasteiger partial charge in [0, 0.05) is 30.5 Å². The smallest absolute Gasteiger partial charge is 0.456 e. The number of hydrogen-bond acceptors (Lipinski definition) is 4. The lowest BCUT2D eigenvalue weighted by atomic mass is 9.75. The average Bonchev–Trinajstić information content (AvgIpc) is 1.72. The second kappa shape index (κ2) is 22.8.